The van der Waals surface area contributed by atoms with Crippen LogP contribution >= 0.6 is 0 Å². The fraction of sp³-hybridized carbons (Fsp3) is 0.684. The summed E-state index contributed by atoms with van der Waals surface area (Å²) in [5, 5.41) is 0. The van der Waals surface area contributed by atoms with Gasteiger partial charge in [-0.25, -0.2) is 0 Å². The van der Waals surface area contributed by atoms with Crippen LogP contribution in [0.4, 0.5) is 0 Å². The van der Waals surface area contributed by atoms with E-state index in [1.54, 1.807) is 41.7 Å². The van der Waals surface area contributed by atoms with Crippen molar-refractivity contribution < 1.29 is 21.0 Å². The molecule has 2 fully saturated rings. The van der Waals surface area contributed by atoms with Crippen LogP contribution in [-0.2, 0) is 20.3 Å². The number of hydrogen-bond donors (Lipinski definition) is 0. The molecule has 1 heterocycles. The van der Waals surface area contributed by atoms with E-state index < -0.39 is 20.3 Å². The van der Waals surface area contributed by atoms with E-state index in [1.807, 2.05) is 4.90 Å². The Morgan fingerprint density at radius 1 is 0.966 bits per heavy atom. The number of para-hydroxylation sites is 1. The van der Waals surface area contributed by atoms with Crippen molar-refractivity contribution in [2.75, 3.05) is 45.5 Å². The number of hydrogen-bond acceptors (Lipinski definition) is 6. The van der Waals surface area contributed by atoms with Gasteiger partial charge in [-0.3, -0.25) is 4.90 Å². The first-order chi connectivity index (χ1) is 13.8. The van der Waals surface area contributed by atoms with Crippen LogP contribution in [0.25, 0.3) is 0 Å². The molecule has 0 N–H and O–H groups in total. The number of piperazine rings is 1. The molecule has 8 nitrogen and oxygen atoms in total. The predicted octanol–water partition coefficient (Wildman–Crippen LogP) is 1.52. The zero-order chi connectivity index (χ0) is 20.9. The van der Waals surface area contributed by atoms with Crippen LogP contribution in [0.5, 0.6) is 5.75 Å². The van der Waals surface area contributed by atoms with E-state index in [1.165, 1.54) is 10.7 Å². The average Bonchev–Trinajstić information content (AvgIpc) is 2.73. The molecule has 1 aliphatic carbocycles. The maximum absolute atomic E-state index is 12.9. The van der Waals surface area contributed by atoms with E-state index in [0.29, 0.717) is 38.5 Å². The molecule has 164 valence electrons. The third kappa shape index (κ3) is 6.14. The maximum Gasteiger partial charge on any atom is 0.310 e. The van der Waals surface area contributed by atoms with Gasteiger partial charge in [-0.1, -0.05) is 37.5 Å². The second kappa shape index (κ2) is 9.74. The quantitative estimate of drug-likeness (QED) is 0.564. The fourth-order valence-corrected chi connectivity index (χ4v) is 6.45. The number of nitrogens with zero attached hydrogens (tertiary/aromatic N) is 3. The van der Waals surface area contributed by atoms with Gasteiger partial charge < -0.3 is 4.18 Å². The fourth-order valence-electron chi connectivity index (χ4n) is 3.90. The highest BCUT2D eigenvalue weighted by atomic mass is 32.2. The largest absolute Gasteiger partial charge is 0.382 e. The maximum atomic E-state index is 12.9. The van der Waals surface area contributed by atoms with Gasteiger partial charge in [0.2, 0.25) is 0 Å². The van der Waals surface area contributed by atoms with Gasteiger partial charge in [0.25, 0.3) is 10.2 Å². The van der Waals surface area contributed by atoms with Crippen molar-refractivity contribution in [3.05, 3.63) is 30.3 Å². The molecule has 0 radical (unpaired) electrons. The third-order valence-electron chi connectivity index (χ3n) is 5.73. The predicted molar refractivity (Wildman–Crippen MR) is 112 cm³/mol. The molecule has 0 bridgehead atoms. The minimum Gasteiger partial charge on any atom is -0.382 e. The molecule has 1 aromatic carbocycles. The van der Waals surface area contributed by atoms with E-state index in [-0.39, 0.29) is 11.8 Å². The van der Waals surface area contributed by atoms with Crippen LogP contribution in [0.3, 0.4) is 0 Å². The summed E-state index contributed by atoms with van der Waals surface area (Å²) in [4.78, 5) is 1.97. The van der Waals surface area contributed by atoms with Gasteiger partial charge >= 0.3 is 10.1 Å². The highest BCUT2D eigenvalue weighted by molar-refractivity contribution is 7.87. The summed E-state index contributed by atoms with van der Waals surface area (Å²) in [6.07, 6.45) is 5.19. The second-order valence-corrected chi connectivity index (χ2v) is 11.4. The van der Waals surface area contributed by atoms with Crippen LogP contribution in [0, 0.1) is 0 Å². The number of rotatable bonds is 8. The van der Waals surface area contributed by atoms with Crippen molar-refractivity contribution in [2.45, 2.75) is 38.1 Å². The zero-order valence-electron chi connectivity index (χ0n) is 16.9. The molecule has 1 saturated carbocycles. The Morgan fingerprint density at radius 3 is 2.21 bits per heavy atom. The Hall–Kier alpha value is -1.20. The molecule has 1 aromatic rings. The van der Waals surface area contributed by atoms with Gasteiger partial charge in [-0.15, -0.1) is 0 Å². The van der Waals surface area contributed by atoms with Gasteiger partial charge in [0.15, 0.2) is 0 Å². The summed E-state index contributed by atoms with van der Waals surface area (Å²) >= 11 is 0. The molecule has 0 spiro atoms. The summed E-state index contributed by atoms with van der Waals surface area (Å²) in [5.41, 5.74) is 0. The molecule has 10 heteroatoms. The lowest BCUT2D eigenvalue weighted by Crippen LogP contribution is -2.54. The van der Waals surface area contributed by atoms with E-state index in [4.69, 9.17) is 4.18 Å². The van der Waals surface area contributed by atoms with E-state index in [0.717, 1.165) is 25.7 Å². The Morgan fingerprint density at radius 2 is 1.59 bits per heavy atom. The van der Waals surface area contributed by atoms with Crippen LogP contribution in [0.2, 0.25) is 0 Å². The van der Waals surface area contributed by atoms with Crippen molar-refractivity contribution in [1.82, 2.24) is 13.5 Å². The second-order valence-electron chi connectivity index (χ2n) is 7.71. The van der Waals surface area contributed by atoms with Crippen molar-refractivity contribution in [3.8, 4) is 5.75 Å². The van der Waals surface area contributed by atoms with E-state index in [2.05, 4.69) is 0 Å². The van der Waals surface area contributed by atoms with Crippen molar-refractivity contribution in [2.24, 2.45) is 0 Å². The summed E-state index contributed by atoms with van der Waals surface area (Å²) in [6, 6.07) is 8.52. The molecular formula is C19H31N3O5S2. The van der Waals surface area contributed by atoms with Crippen LogP contribution in [0.1, 0.15) is 32.1 Å². The first-order valence-electron chi connectivity index (χ1n) is 10.2. The molecule has 3 rings (SSSR count). The van der Waals surface area contributed by atoms with E-state index >= 15 is 0 Å². The van der Waals surface area contributed by atoms with Gasteiger partial charge in [-0.2, -0.15) is 25.4 Å². The van der Waals surface area contributed by atoms with Crippen LogP contribution < -0.4 is 4.18 Å². The molecule has 0 aromatic heterocycles. The summed E-state index contributed by atoms with van der Waals surface area (Å²) in [7, 11) is -5.47. The Bertz CT molecular complexity index is 847. The van der Waals surface area contributed by atoms with Crippen molar-refractivity contribution in [1.29, 1.82) is 0 Å². The Balaban J connectivity index is 1.47. The number of benzene rings is 1. The van der Waals surface area contributed by atoms with Crippen LogP contribution in [0.15, 0.2) is 30.3 Å². The molecule has 0 unspecified atom stereocenters. The minimum absolute atomic E-state index is 0.0899. The lowest BCUT2D eigenvalue weighted by Gasteiger charge is -2.38. The topological polar surface area (TPSA) is 87.2 Å². The van der Waals surface area contributed by atoms with Gasteiger partial charge in [0.05, 0.1) is 5.75 Å². The van der Waals surface area contributed by atoms with Crippen molar-refractivity contribution in [3.63, 3.8) is 0 Å². The lowest BCUT2D eigenvalue weighted by atomic mass is 9.96. The molecule has 2 aliphatic rings. The van der Waals surface area contributed by atoms with Gasteiger partial charge in [0.1, 0.15) is 5.75 Å². The van der Waals surface area contributed by atoms with Gasteiger partial charge in [-0.05, 0) is 25.0 Å². The van der Waals surface area contributed by atoms with E-state index in [9.17, 15) is 16.8 Å². The molecule has 1 aliphatic heterocycles. The molecule has 0 amide bonds. The Kier molecular flexibility index (Phi) is 7.55. The normalized spacial score (nSPS) is 20.8. The summed E-state index contributed by atoms with van der Waals surface area (Å²) in [5.74, 6) is 0.172. The molecule has 1 saturated heterocycles. The van der Waals surface area contributed by atoms with Gasteiger partial charge in [0, 0.05) is 45.8 Å². The highest BCUT2D eigenvalue weighted by Crippen LogP contribution is 2.25. The first-order valence-corrected chi connectivity index (χ1v) is 13.2. The summed E-state index contributed by atoms with van der Waals surface area (Å²) < 4.78 is 58.4. The monoisotopic (exact) mass is 445 g/mol. The molecule has 29 heavy (non-hydrogen) atoms. The molecule has 0 atom stereocenters. The van der Waals surface area contributed by atoms with Crippen LogP contribution in [-0.4, -0.2) is 81.9 Å². The van der Waals surface area contributed by atoms with Crippen molar-refractivity contribution >= 4 is 20.3 Å². The lowest BCUT2D eigenvalue weighted by molar-refractivity contribution is 0.182. The highest BCUT2D eigenvalue weighted by Gasteiger charge is 2.34. The zero-order valence-corrected chi connectivity index (χ0v) is 18.6. The summed E-state index contributed by atoms with van der Waals surface area (Å²) in [6.45, 7) is 2.09. The first kappa shape index (κ1) is 22.5. The minimum atomic E-state index is -3.69. The SMILES string of the molecule is CN(C1CCCCC1)S(=O)(=O)N1CCN(CCS(=O)(=O)Oc2ccccc2)CC1. The smallest absolute Gasteiger partial charge is 0.310 e. The molecular weight excluding hydrogens is 414 g/mol. The average molecular weight is 446 g/mol. The third-order valence-corrected chi connectivity index (χ3v) is 8.91. The standard InChI is InChI=1S/C19H31N3O5S2/c1-20(18-8-4-2-5-9-18)29(25,26)22-14-12-21(13-15-22)16-17-28(23,24)27-19-10-6-3-7-11-19/h3,6-7,10-11,18H,2,4-5,8-9,12-17H2,1H3. The Labute approximate surface area is 174 Å².